The molecule has 0 aliphatic carbocycles. The Morgan fingerprint density at radius 2 is 1.06 bits per heavy atom. The summed E-state index contributed by atoms with van der Waals surface area (Å²) in [6.45, 7) is 1.36. The van der Waals surface area contributed by atoms with Gasteiger partial charge in [-0.3, -0.25) is 0 Å². The maximum atomic E-state index is 5.92. The summed E-state index contributed by atoms with van der Waals surface area (Å²) in [5.74, 6) is 1.28. The summed E-state index contributed by atoms with van der Waals surface area (Å²) in [5, 5.41) is 0. The number of halogens is 2. The Morgan fingerprint density at radius 1 is 0.639 bits per heavy atom. The molecule has 36 heavy (non-hydrogen) atoms. The number of likely N-dealkylation sites (N-methyl/N-ethyl adjacent to an activating group) is 1. The summed E-state index contributed by atoms with van der Waals surface area (Å²) >= 11 is 0.569. The molecule has 1 saturated heterocycles. The van der Waals surface area contributed by atoms with Crippen LogP contribution in [0.4, 0.5) is 11.4 Å². The number of rotatable bonds is 4. The second kappa shape index (κ2) is 13.3. The summed E-state index contributed by atoms with van der Waals surface area (Å²) in [5.41, 5.74) is 6.41. The molecular weight excluding hydrogens is 536 g/mol. The van der Waals surface area contributed by atoms with Crippen LogP contribution in [0.1, 0.15) is 0 Å². The van der Waals surface area contributed by atoms with E-state index in [0.717, 1.165) is 29.3 Å². The maximum absolute atomic E-state index is 5.92. The predicted molar refractivity (Wildman–Crippen MR) is 148 cm³/mol. The van der Waals surface area contributed by atoms with Crippen LogP contribution in [-0.4, -0.2) is 36.8 Å². The normalized spacial score (nSPS) is 15.4. The van der Waals surface area contributed by atoms with Crippen molar-refractivity contribution in [3.63, 3.8) is 0 Å². The summed E-state index contributed by atoms with van der Waals surface area (Å²) < 4.78 is 5.92. The number of ether oxygens (including phenoxy) is 1. The molecule has 0 unspecified atom stereocenters. The molecule has 0 spiro atoms. The second-order valence-electron chi connectivity index (χ2n) is 7.99. The van der Waals surface area contributed by atoms with Crippen LogP contribution in [0.3, 0.4) is 0 Å². The Labute approximate surface area is 226 Å². The van der Waals surface area contributed by atoms with Gasteiger partial charge in [-0.1, -0.05) is 84.9 Å². The fraction of sp³-hybridized carbons (Fsp3) is 0.103. The van der Waals surface area contributed by atoms with Crippen molar-refractivity contribution in [1.29, 1.82) is 0 Å². The van der Waals surface area contributed by atoms with Crippen molar-refractivity contribution in [2.24, 2.45) is 9.98 Å². The van der Waals surface area contributed by atoms with Crippen molar-refractivity contribution < 1.29 is 17.4 Å². The van der Waals surface area contributed by atoms with E-state index in [0.29, 0.717) is 25.2 Å². The van der Waals surface area contributed by atoms with Crippen molar-refractivity contribution in [2.45, 2.75) is 0 Å². The molecule has 1 aliphatic rings. The first-order valence-electron chi connectivity index (χ1n) is 11.3. The van der Waals surface area contributed by atoms with Gasteiger partial charge in [-0.15, -0.1) is 0 Å². The van der Waals surface area contributed by atoms with Crippen molar-refractivity contribution in [3.8, 4) is 22.3 Å². The van der Waals surface area contributed by atoms with Crippen LogP contribution in [0.5, 0.6) is 0 Å². The zero-order valence-electron chi connectivity index (χ0n) is 19.6. The van der Waals surface area contributed by atoms with E-state index in [9.17, 15) is 0 Å². The van der Waals surface area contributed by atoms with Crippen LogP contribution in [0.25, 0.3) is 22.3 Å². The minimum absolute atomic E-state index is 0.545. The fourth-order valence-electron chi connectivity index (χ4n) is 3.79. The third-order valence-corrected chi connectivity index (χ3v) is 5.63. The van der Waals surface area contributed by atoms with Crippen molar-refractivity contribution in [3.05, 3.63) is 109 Å². The predicted octanol–water partition coefficient (Wildman–Crippen LogP) is 8.12. The summed E-state index contributed by atoms with van der Waals surface area (Å²) in [7, 11) is 11.4. The van der Waals surface area contributed by atoms with Gasteiger partial charge in [0.1, 0.15) is 6.61 Å². The summed E-state index contributed by atoms with van der Waals surface area (Å²) in [4.78, 5) is 11.7. The number of nitrogens with zero attached hydrogens (tertiary/aromatic N) is 3. The number of amidine groups is 1. The molecule has 0 bridgehead atoms. The first-order chi connectivity index (χ1) is 17.7. The van der Waals surface area contributed by atoms with Gasteiger partial charge in [0.05, 0.1) is 17.9 Å². The molecule has 0 saturated carbocycles. The van der Waals surface area contributed by atoms with Crippen LogP contribution < -0.4 is 0 Å². The standard InChI is InChI=1S/C29H25N3O.2ClH.Ni/c1-32-20-21-33-29(31-27-18-14-25(15-19-27)23-10-6-3-7-11-23)28(32)30-26-16-12-24(13-17-26)22-8-4-2-5-9-22;;;/h2-19H,20-21H2,1H3;2*1H;/q;;;+2/p-2. The first kappa shape index (κ1) is 26.0. The molecule has 5 rings (SSSR count). The topological polar surface area (TPSA) is 37.2 Å². The molecular formula is C29H25Cl2N3NiO. The Kier molecular flexibility index (Phi) is 9.57. The van der Waals surface area contributed by atoms with Crippen LogP contribution in [0.15, 0.2) is 119 Å². The van der Waals surface area contributed by atoms with E-state index in [1.807, 2.05) is 67.7 Å². The van der Waals surface area contributed by atoms with Gasteiger partial charge in [0.2, 0.25) is 0 Å². The average molecular weight is 561 g/mol. The van der Waals surface area contributed by atoms with Gasteiger partial charge in [0, 0.05) is 7.05 Å². The molecule has 4 aromatic rings. The van der Waals surface area contributed by atoms with Gasteiger partial charge in [-0.25, -0.2) is 9.98 Å². The summed E-state index contributed by atoms with van der Waals surface area (Å²) in [6.07, 6.45) is 0. The zero-order valence-corrected chi connectivity index (χ0v) is 22.1. The number of hydrogen-bond donors (Lipinski definition) is 0. The number of hydrogen-bond acceptors (Lipinski definition) is 3. The first-order valence-corrected chi connectivity index (χ1v) is 14.0. The minimum atomic E-state index is 0.545. The molecule has 4 nitrogen and oxygen atoms in total. The second-order valence-corrected chi connectivity index (χ2v) is 9.62. The third kappa shape index (κ3) is 6.98. The molecule has 186 valence electrons. The molecule has 1 heterocycles. The van der Waals surface area contributed by atoms with Crippen molar-refractivity contribution >= 4 is 43.5 Å². The Bertz CT molecular complexity index is 1300. The fourth-order valence-corrected chi connectivity index (χ4v) is 3.79. The van der Waals surface area contributed by atoms with E-state index in [2.05, 4.69) is 53.4 Å². The SMILES string of the molecule is CN1CCOC(=Nc2ccc(-c3ccccc3)cc2)C1=Nc1ccc(-c2ccccc2)cc1.[Cl][Ni][Cl]. The quantitative estimate of drug-likeness (QED) is 0.236. The van der Waals surface area contributed by atoms with Gasteiger partial charge < -0.3 is 9.64 Å². The number of aliphatic imine (C=N–C) groups is 2. The van der Waals surface area contributed by atoms with Gasteiger partial charge in [-0.05, 0) is 46.5 Å². The average Bonchev–Trinajstić information content (AvgIpc) is 2.93. The monoisotopic (exact) mass is 559 g/mol. The molecule has 4 aromatic carbocycles. The van der Waals surface area contributed by atoms with Crippen LogP contribution in [0.2, 0.25) is 0 Å². The number of morpholine rings is 1. The molecule has 0 radical (unpaired) electrons. The van der Waals surface area contributed by atoms with E-state index in [4.69, 9.17) is 35.1 Å². The van der Waals surface area contributed by atoms with E-state index in [-0.39, 0.29) is 0 Å². The third-order valence-electron chi connectivity index (χ3n) is 5.63. The Hall–Kier alpha value is -3.11. The number of benzene rings is 4. The van der Waals surface area contributed by atoms with Gasteiger partial charge >= 0.3 is 33.0 Å². The van der Waals surface area contributed by atoms with Gasteiger partial charge in [-0.2, -0.15) is 0 Å². The molecule has 0 N–H and O–H groups in total. The molecule has 0 atom stereocenters. The molecule has 1 aliphatic heterocycles. The summed E-state index contributed by atoms with van der Waals surface area (Å²) in [6, 6.07) is 37.1. The van der Waals surface area contributed by atoms with Crippen LogP contribution in [-0.2, 0) is 17.4 Å². The molecule has 1 fully saturated rings. The molecule has 0 aromatic heterocycles. The Morgan fingerprint density at radius 3 is 1.53 bits per heavy atom. The molecule has 0 amide bonds. The van der Waals surface area contributed by atoms with Gasteiger partial charge in [0.15, 0.2) is 5.84 Å². The van der Waals surface area contributed by atoms with Crippen LogP contribution >= 0.6 is 20.4 Å². The van der Waals surface area contributed by atoms with E-state index >= 15 is 0 Å². The zero-order chi connectivity index (χ0) is 25.2. The van der Waals surface area contributed by atoms with E-state index in [1.54, 1.807) is 0 Å². The Balaban J connectivity index is 0.000000967. The van der Waals surface area contributed by atoms with Crippen molar-refractivity contribution in [1.82, 2.24) is 4.90 Å². The van der Waals surface area contributed by atoms with Crippen LogP contribution in [0, 0.1) is 0 Å². The van der Waals surface area contributed by atoms with E-state index in [1.165, 1.54) is 16.7 Å². The van der Waals surface area contributed by atoms with Crippen molar-refractivity contribution in [2.75, 3.05) is 20.2 Å². The molecule has 7 heteroatoms. The van der Waals surface area contributed by atoms with E-state index < -0.39 is 0 Å². The van der Waals surface area contributed by atoms with Gasteiger partial charge in [0.25, 0.3) is 5.90 Å².